The number of benzene rings is 1. The summed E-state index contributed by atoms with van der Waals surface area (Å²) in [6, 6.07) is 5.59. The highest BCUT2D eigenvalue weighted by atomic mass is 35.5. The number of nitrogens with zero attached hydrogens (tertiary/aromatic N) is 2. The van der Waals surface area contributed by atoms with E-state index in [9.17, 15) is 14.0 Å². The molecule has 1 aromatic carbocycles. The Labute approximate surface area is 160 Å². The van der Waals surface area contributed by atoms with E-state index in [-0.39, 0.29) is 30.0 Å². The van der Waals surface area contributed by atoms with Crippen LogP contribution in [-0.4, -0.2) is 53.3 Å². The van der Waals surface area contributed by atoms with Gasteiger partial charge in [0.15, 0.2) is 0 Å². The topological polar surface area (TPSA) is 66.6 Å². The van der Waals surface area contributed by atoms with Gasteiger partial charge in [0.05, 0.1) is 5.54 Å². The fourth-order valence-electron chi connectivity index (χ4n) is 3.81. The van der Waals surface area contributed by atoms with Crippen molar-refractivity contribution in [3.63, 3.8) is 0 Å². The molecule has 2 aliphatic rings. The second-order valence-electron chi connectivity index (χ2n) is 7.16. The zero-order chi connectivity index (χ0) is 17.9. The minimum atomic E-state index is -0.728. The van der Waals surface area contributed by atoms with Gasteiger partial charge in [0, 0.05) is 31.7 Å². The number of nitrogens with two attached hydrogens (primary N) is 1. The molecule has 144 valence electrons. The molecular formula is C19H27ClFN3O2. The van der Waals surface area contributed by atoms with Gasteiger partial charge < -0.3 is 15.5 Å². The molecule has 0 radical (unpaired) electrons. The third-order valence-electron chi connectivity index (χ3n) is 5.33. The molecule has 0 spiro atoms. The fraction of sp³-hybridized carbons (Fsp3) is 0.579. The van der Waals surface area contributed by atoms with Gasteiger partial charge in [-0.25, -0.2) is 4.39 Å². The number of carbonyl (C=O) groups excluding carboxylic acids is 2. The van der Waals surface area contributed by atoms with Crippen molar-refractivity contribution in [2.24, 2.45) is 5.73 Å². The summed E-state index contributed by atoms with van der Waals surface area (Å²) >= 11 is 0. The maximum absolute atomic E-state index is 13.0. The van der Waals surface area contributed by atoms with Crippen LogP contribution in [0.3, 0.4) is 0 Å². The molecular weight excluding hydrogens is 357 g/mol. The molecule has 0 atom stereocenters. The van der Waals surface area contributed by atoms with E-state index >= 15 is 0 Å². The quantitative estimate of drug-likeness (QED) is 0.853. The van der Waals surface area contributed by atoms with E-state index in [4.69, 9.17) is 5.73 Å². The Bertz CT molecular complexity index is 632. The van der Waals surface area contributed by atoms with Crippen molar-refractivity contribution < 1.29 is 14.0 Å². The van der Waals surface area contributed by atoms with Crippen LogP contribution in [0.2, 0.25) is 0 Å². The summed E-state index contributed by atoms with van der Waals surface area (Å²) in [4.78, 5) is 29.0. The number of hydrogen-bond acceptors (Lipinski definition) is 3. The van der Waals surface area contributed by atoms with E-state index < -0.39 is 5.54 Å². The molecule has 0 bridgehead atoms. The lowest BCUT2D eigenvalue weighted by Gasteiger charge is -2.36. The summed E-state index contributed by atoms with van der Waals surface area (Å²) in [6.45, 7) is 2.21. The van der Waals surface area contributed by atoms with Crippen molar-refractivity contribution in [1.82, 2.24) is 9.80 Å². The van der Waals surface area contributed by atoms with Gasteiger partial charge in [-0.05, 0) is 43.5 Å². The predicted molar refractivity (Wildman–Crippen MR) is 101 cm³/mol. The first-order valence-electron chi connectivity index (χ1n) is 9.13. The number of hydrogen-bond donors (Lipinski definition) is 1. The van der Waals surface area contributed by atoms with E-state index in [1.165, 1.54) is 24.3 Å². The van der Waals surface area contributed by atoms with Crippen LogP contribution in [0.5, 0.6) is 0 Å². The lowest BCUT2D eigenvalue weighted by molar-refractivity contribution is -0.138. The van der Waals surface area contributed by atoms with Gasteiger partial charge in [0.25, 0.3) is 5.91 Å². The van der Waals surface area contributed by atoms with Crippen LogP contribution < -0.4 is 5.73 Å². The zero-order valence-corrected chi connectivity index (χ0v) is 15.8. The van der Waals surface area contributed by atoms with E-state index in [1.54, 1.807) is 4.90 Å². The first-order valence-corrected chi connectivity index (χ1v) is 9.13. The molecule has 1 heterocycles. The number of amides is 2. The molecule has 1 saturated carbocycles. The Kier molecular flexibility index (Phi) is 7.01. The highest BCUT2D eigenvalue weighted by Crippen LogP contribution is 2.28. The molecule has 26 heavy (non-hydrogen) atoms. The van der Waals surface area contributed by atoms with E-state index in [0.29, 0.717) is 31.7 Å². The molecule has 1 aromatic rings. The van der Waals surface area contributed by atoms with Crippen LogP contribution in [0.4, 0.5) is 4.39 Å². The van der Waals surface area contributed by atoms with Crippen LogP contribution in [0.25, 0.3) is 0 Å². The molecule has 7 heteroatoms. The van der Waals surface area contributed by atoms with E-state index in [2.05, 4.69) is 0 Å². The van der Waals surface area contributed by atoms with Gasteiger partial charge in [0.2, 0.25) is 5.91 Å². The summed E-state index contributed by atoms with van der Waals surface area (Å²) in [6.07, 6.45) is 5.39. The standard InChI is InChI=1S/C19H26FN3O2.ClH/c20-16-7-5-15(6-8-16)17(24)22-11-4-12-23(14-13-22)18(25)19(21)9-2-1-3-10-19;/h5-8H,1-4,9-14,21H2;1H. The molecule has 0 aromatic heterocycles. The third-order valence-corrected chi connectivity index (χ3v) is 5.33. The fourth-order valence-corrected chi connectivity index (χ4v) is 3.81. The Balaban J connectivity index is 0.00000243. The molecule has 1 saturated heterocycles. The van der Waals surface area contributed by atoms with E-state index in [0.717, 1.165) is 38.5 Å². The molecule has 2 N–H and O–H groups in total. The first-order chi connectivity index (χ1) is 12.0. The predicted octanol–water partition coefficient (Wildman–Crippen LogP) is 2.58. The van der Waals surface area contributed by atoms with Gasteiger partial charge >= 0.3 is 0 Å². The van der Waals surface area contributed by atoms with Gasteiger partial charge in [-0.3, -0.25) is 9.59 Å². The summed E-state index contributed by atoms with van der Waals surface area (Å²) < 4.78 is 13.0. The molecule has 5 nitrogen and oxygen atoms in total. The van der Waals surface area contributed by atoms with Gasteiger partial charge in [-0.1, -0.05) is 19.3 Å². The smallest absolute Gasteiger partial charge is 0.253 e. The second kappa shape index (κ2) is 8.82. The third kappa shape index (κ3) is 4.54. The molecule has 0 unspecified atom stereocenters. The van der Waals surface area contributed by atoms with Crippen LogP contribution >= 0.6 is 12.4 Å². The SMILES string of the molecule is Cl.NC1(C(=O)N2CCCN(C(=O)c3ccc(F)cc3)CC2)CCCCC1. The molecule has 1 aliphatic heterocycles. The van der Waals surface area contributed by atoms with Crippen molar-refractivity contribution >= 4 is 24.2 Å². The summed E-state index contributed by atoms with van der Waals surface area (Å²) in [5.74, 6) is -0.442. The van der Waals surface area contributed by atoms with Gasteiger partial charge in [-0.15, -0.1) is 12.4 Å². The van der Waals surface area contributed by atoms with Crippen molar-refractivity contribution in [2.75, 3.05) is 26.2 Å². The Morgan fingerprint density at radius 3 is 2.12 bits per heavy atom. The summed E-state index contributed by atoms with van der Waals surface area (Å²) in [7, 11) is 0. The van der Waals surface area contributed by atoms with Crippen molar-refractivity contribution in [2.45, 2.75) is 44.1 Å². The average molecular weight is 384 g/mol. The first kappa shape index (κ1) is 20.6. The van der Waals surface area contributed by atoms with Crippen molar-refractivity contribution in [3.8, 4) is 0 Å². The minimum absolute atomic E-state index is 0. The summed E-state index contributed by atoms with van der Waals surface area (Å²) in [5, 5.41) is 0. The maximum Gasteiger partial charge on any atom is 0.253 e. The zero-order valence-electron chi connectivity index (χ0n) is 15.0. The van der Waals surface area contributed by atoms with Crippen LogP contribution in [0.15, 0.2) is 24.3 Å². The van der Waals surface area contributed by atoms with Crippen LogP contribution in [0.1, 0.15) is 48.9 Å². The van der Waals surface area contributed by atoms with Gasteiger partial charge in [0.1, 0.15) is 5.82 Å². The highest BCUT2D eigenvalue weighted by Gasteiger charge is 2.38. The van der Waals surface area contributed by atoms with Crippen molar-refractivity contribution in [3.05, 3.63) is 35.6 Å². The normalized spacial score (nSPS) is 20.1. The van der Waals surface area contributed by atoms with Gasteiger partial charge in [-0.2, -0.15) is 0 Å². The molecule has 1 aliphatic carbocycles. The molecule has 3 rings (SSSR count). The van der Waals surface area contributed by atoms with Crippen molar-refractivity contribution in [1.29, 1.82) is 0 Å². The lowest BCUT2D eigenvalue weighted by Crippen LogP contribution is -2.56. The largest absolute Gasteiger partial charge is 0.339 e. The lowest BCUT2D eigenvalue weighted by atomic mass is 9.81. The monoisotopic (exact) mass is 383 g/mol. The highest BCUT2D eigenvalue weighted by molar-refractivity contribution is 5.94. The van der Waals surface area contributed by atoms with Crippen LogP contribution in [-0.2, 0) is 4.79 Å². The summed E-state index contributed by atoms with van der Waals surface area (Å²) in [5.41, 5.74) is 6.12. The Morgan fingerprint density at radius 2 is 1.46 bits per heavy atom. The maximum atomic E-state index is 13.0. The minimum Gasteiger partial charge on any atom is -0.339 e. The number of halogens is 2. The number of carbonyl (C=O) groups is 2. The molecule has 2 fully saturated rings. The van der Waals surface area contributed by atoms with E-state index in [1.807, 2.05) is 4.90 Å². The number of rotatable bonds is 2. The Hall–Kier alpha value is -1.66. The van der Waals surface area contributed by atoms with Crippen LogP contribution in [0, 0.1) is 5.82 Å². The average Bonchev–Trinajstić information content (AvgIpc) is 2.88. The molecule has 2 amide bonds. The second-order valence-corrected chi connectivity index (χ2v) is 7.16. The Morgan fingerprint density at radius 1 is 0.885 bits per heavy atom.